The Kier molecular flexibility index (Phi) is 5.44. The van der Waals surface area contributed by atoms with Gasteiger partial charge in [-0.25, -0.2) is 4.39 Å². The highest BCUT2D eigenvalue weighted by Crippen LogP contribution is 2.56. The van der Waals surface area contributed by atoms with Crippen LogP contribution < -0.4 is 15.5 Å². The van der Waals surface area contributed by atoms with Gasteiger partial charge in [-0.15, -0.1) is 0 Å². The van der Waals surface area contributed by atoms with E-state index in [1.807, 2.05) is 19.1 Å². The molecule has 8 heteroatoms. The summed E-state index contributed by atoms with van der Waals surface area (Å²) in [4.78, 5) is 42.4. The Morgan fingerprint density at radius 3 is 2.50 bits per heavy atom. The van der Waals surface area contributed by atoms with Gasteiger partial charge in [-0.05, 0) is 44.0 Å². The first-order valence-electron chi connectivity index (χ1n) is 12.5. The van der Waals surface area contributed by atoms with Crippen LogP contribution in [-0.2, 0) is 19.1 Å². The maximum absolute atomic E-state index is 15.0. The summed E-state index contributed by atoms with van der Waals surface area (Å²) in [6.45, 7) is 1.95. The third-order valence-corrected chi connectivity index (χ3v) is 7.96. The van der Waals surface area contributed by atoms with Gasteiger partial charge in [0.1, 0.15) is 17.5 Å². The van der Waals surface area contributed by atoms with Crippen LogP contribution >= 0.6 is 0 Å². The molecule has 2 aromatic rings. The Labute approximate surface area is 208 Å². The molecule has 6 rings (SSSR count). The van der Waals surface area contributed by atoms with Gasteiger partial charge in [-0.3, -0.25) is 19.3 Å². The van der Waals surface area contributed by atoms with E-state index >= 15 is 0 Å². The second-order valence-corrected chi connectivity index (χ2v) is 10.2. The predicted octanol–water partition coefficient (Wildman–Crippen LogP) is 3.49. The summed E-state index contributed by atoms with van der Waals surface area (Å²) < 4.78 is 21.3. The van der Waals surface area contributed by atoms with Crippen LogP contribution in [0, 0.1) is 24.6 Å². The van der Waals surface area contributed by atoms with Crippen molar-refractivity contribution in [3.8, 4) is 0 Å². The number of aryl methyl sites for hydroxylation is 1. The summed E-state index contributed by atoms with van der Waals surface area (Å²) in [5.41, 5.74) is 0.331. The number of anilines is 2. The molecule has 2 aromatic carbocycles. The number of ether oxygens (including phenoxy) is 1. The highest BCUT2D eigenvalue weighted by Gasteiger charge is 2.73. The van der Waals surface area contributed by atoms with Crippen molar-refractivity contribution in [3.05, 3.63) is 72.1 Å². The summed E-state index contributed by atoms with van der Waals surface area (Å²) in [5.74, 6) is -3.63. The van der Waals surface area contributed by atoms with Crippen LogP contribution in [-0.4, -0.2) is 41.5 Å². The van der Waals surface area contributed by atoms with Gasteiger partial charge in [0, 0.05) is 11.7 Å². The Morgan fingerprint density at radius 2 is 1.78 bits per heavy atom. The first-order chi connectivity index (χ1) is 17.4. The van der Waals surface area contributed by atoms with Crippen molar-refractivity contribution in [2.75, 3.05) is 10.2 Å². The fraction of sp³-hybridized carbons (Fsp3) is 0.393. The molecule has 1 aliphatic carbocycles. The normalized spacial score (nSPS) is 30.6. The average Bonchev–Trinajstić information content (AvgIpc) is 3.63. The number of hydrogen-bond donors (Lipinski definition) is 2. The van der Waals surface area contributed by atoms with Crippen LogP contribution in [0.2, 0.25) is 0 Å². The van der Waals surface area contributed by atoms with E-state index in [1.54, 1.807) is 30.4 Å². The average molecular weight is 490 g/mol. The number of carbonyl (C=O) groups is 3. The van der Waals surface area contributed by atoms with Gasteiger partial charge in [0.2, 0.25) is 17.7 Å². The molecule has 3 amide bonds. The van der Waals surface area contributed by atoms with Crippen LogP contribution in [0.3, 0.4) is 0 Å². The van der Waals surface area contributed by atoms with Crippen molar-refractivity contribution in [2.24, 2.45) is 11.8 Å². The molecular formula is C28H28FN3O4. The molecule has 4 aliphatic rings. The van der Waals surface area contributed by atoms with E-state index in [1.165, 1.54) is 23.1 Å². The number of amides is 3. The van der Waals surface area contributed by atoms with Crippen molar-refractivity contribution in [1.82, 2.24) is 5.32 Å². The van der Waals surface area contributed by atoms with Crippen LogP contribution in [0.5, 0.6) is 0 Å². The Morgan fingerprint density at radius 1 is 1.06 bits per heavy atom. The van der Waals surface area contributed by atoms with Gasteiger partial charge in [0.15, 0.2) is 0 Å². The van der Waals surface area contributed by atoms with E-state index in [0.717, 1.165) is 31.2 Å². The number of benzene rings is 2. The molecule has 0 aromatic heterocycles. The van der Waals surface area contributed by atoms with Gasteiger partial charge >= 0.3 is 0 Å². The highest BCUT2D eigenvalue weighted by atomic mass is 19.1. The highest BCUT2D eigenvalue weighted by molar-refractivity contribution is 6.11. The predicted molar refractivity (Wildman–Crippen MR) is 132 cm³/mol. The summed E-state index contributed by atoms with van der Waals surface area (Å²) in [6.07, 6.45) is 6.62. The molecule has 7 nitrogen and oxygen atoms in total. The summed E-state index contributed by atoms with van der Waals surface area (Å²) in [6, 6.07) is 12.2. The minimum Gasteiger partial charge on any atom is -0.359 e. The lowest BCUT2D eigenvalue weighted by molar-refractivity contribution is -0.129. The number of para-hydroxylation sites is 1. The summed E-state index contributed by atoms with van der Waals surface area (Å²) in [5, 5.41) is 5.97. The maximum atomic E-state index is 15.0. The molecule has 1 spiro atoms. The van der Waals surface area contributed by atoms with Crippen LogP contribution in [0.25, 0.3) is 0 Å². The fourth-order valence-electron chi connectivity index (χ4n) is 6.29. The minimum absolute atomic E-state index is 0.00809. The molecule has 1 saturated carbocycles. The van der Waals surface area contributed by atoms with Gasteiger partial charge in [-0.2, -0.15) is 0 Å². The standard InChI is InChI=1S/C28H28FN3O4/c1-16-10-12-18(13-11-16)30-25(33)22-21-14-15-28(36-21)23(22)27(35)32(20-9-5-4-8-19(20)29)24(28)26(34)31-17-6-2-3-7-17/h4-5,8-15,17,21-24H,2-3,6-7H2,1H3,(H,30,33)(H,31,34)/t21-,22-,23-,24-,28-/m1/s1. The smallest absolute Gasteiger partial charge is 0.246 e. The SMILES string of the molecule is Cc1ccc(NC(=O)[C@@H]2[C@H]3C=C[C@@]4(O3)[C@H]2C(=O)N(c2ccccc2F)[C@@H]4C(=O)NC2CCCC2)cc1. The zero-order chi connectivity index (χ0) is 25.0. The second-order valence-electron chi connectivity index (χ2n) is 10.2. The van der Waals surface area contributed by atoms with Crippen molar-refractivity contribution in [1.29, 1.82) is 0 Å². The van der Waals surface area contributed by atoms with Crippen LogP contribution in [0.15, 0.2) is 60.7 Å². The Balaban J connectivity index is 1.38. The monoisotopic (exact) mass is 489 g/mol. The zero-order valence-corrected chi connectivity index (χ0v) is 19.9. The molecule has 3 heterocycles. The van der Waals surface area contributed by atoms with E-state index in [2.05, 4.69) is 10.6 Å². The number of nitrogens with zero attached hydrogens (tertiary/aromatic N) is 1. The van der Waals surface area contributed by atoms with Crippen molar-refractivity contribution in [2.45, 2.75) is 56.4 Å². The molecule has 3 aliphatic heterocycles. The maximum Gasteiger partial charge on any atom is 0.246 e. The molecular weight excluding hydrogens is 461 g/mol. The lowest BCUT2D eigenvalue weighted by Crippen LogP contribution is -2.56. The summed E-state index contributed by atoms with van der Waals surface area (Å²) >= 11 is 0. The molecule has 5 atom stereocenters. The quantitative estimate of drug-likeness (QED) is 0.630. The molecule has 0 unspecified atom stereocenters. The van der Waals surface area contributed by atoms with Gasteiger partial charge in [0.05, 0.1) is 23.6 Å². The first kappa shape index (κ1) is 22.9. The van der Waals surface area contributed by atoms with Crippen LogP contribution in [0.4, 0.5) is 15.8 Å². The van der Waals surface area contributed by atoms with Crippen LogP contribution in [0.1, 0.15) is 31.2 Å². The Hall–Kier alpha value is -3.52. The van der Waals surface area contributed by atoms with Gasteiger partial charge in [0.25, 0.3) is 0 Å². The number of nitrogens with one attached hydrogen (secondary N) is 2. The molecule has 186 valence electrons. The molecule has 2 N–H and O–H groups in total. The number of halogens is 1. The largest absolute Gasteiger partial charge is 0.359 e. The van der Waals surface area contributed by atoms with Crippen molar-refractivity contribution >= 4 is 29.1 Å². The van der Waals surface area contributed by atoms with E-state index < -0.39 is 41.3 Å². The summed E-state index contributed by atoms with van der Waals surface area (Å²) in [7, 11) is 0. The zero-order valence-electron chi connectivity index (χ0n) is 19.9. The number of carbonyl (C=O) groups excluding carboxylic acids is 3. The van der Waals surface area contributed by atoms with E-state index in [0.29, 0.717) is 5.69 Å². The fourth-order valence-corrected chi connectivity index (χ4v) is 6.29. The van der Waals surface area contributed by atoms with Gasteiger partial charge in [-0.1, -0.05) is 54.8 Å². The number of fused-ring (bicyclic) bond motifs is 1. The second kappa shape index (κ2) is 8.55. The molecule has 3 fully saturated rings. The minimum atomic E-state index is -1.35. The molecule has 0 radical (unpaired) electrons. The molecule has 2 bridgehead atoms. The van der Waals surface area contributed by atoms with Gasteiger partial charge < -0.3 is 15.4 Å². The first-order valence-corrected chi connectivity index (χ1v) is 12.5. The third-order valence-electron chi connectivity index (χ3n) is 7.96. The van der Waals surface area contributed by atoms with Crippen molar-refractivity contribution < 1.29 is 23.5 Å². The van der Waals surface area contributed by atoms with E-state index in [4.69, 9.17) is 4.74 Å². The van der Waals surface area contributed by atoms with E-state index in [-0.39, 0.29) is 23.5 Å². The number of hydrogen-bond acceptors (Lipinski definition) is 4. The van der Waals surface area contributed by atoms with Crippen molar-refractivity contribution in [3.63, 3.8) is 0 Å². The lowest BCUT2D eigenvalue weighted by Gasteiger charge is -2.33. The van der Waals surface area contributed by atoms with E-state index in [9.17, 15) is 18.8 Å². The molecule has 36 heavy (non-hydrogen) atoms. The topological polar surface area (TPSA) is 87.7 Å². The Bertz CT molecular complexity index is 1260. The lowest BCUT2D eigenvalue weighted by atomic mass is 9.74. The molecule has 2 saturated heterocycles. The third kappa shape index (κ3) is 3.46. The number of rotatable bonds is 5.